The van der Waals surface area contributed by atoms with E-state index in [0.29, 0.717) is 24.7 Å². The van der Waals surface area contributed by atoms with Crippen molar-refractivity contribution in [3.05, 3.63) is 42.2 Å². The molecule has 0 aliphatic carbocycles. The zero-order chi connectivity index (χ0) is 20.6. The lowest BCUT2D eigenvalue weighted by molar-refractivity contribution is 0.0767. The van der Waals surface area contributed by atoms with Crippen LogP contribution < -0.4 is 10.2 Å². The monoisotopic (exact) mass is 398 g/mol. The lowest BCUT2D eigenvalue weighted by atomic mass is 10.2. The Kier molecular flexibility index (Phi) is 7.37. The molecule has 2 heterocycles. The van der Waals surface area contributed by atoms with Gasteiger partial charge in [-0.1, -0.05) is 0 Å². The summed E-state index contributed by atoms with van der Waals surface area (Å²) in [6.45, 7) is 9.98. The Morgan fingerprint density at radius 2 is 1.79 bits per heavy atom. The molecule has 8 nitrogen and oxygen atoms in total. The van der Waals surface area contributed by atoms with E-state index in [2.05, 4.69) is 37.2 Å². The van der Waals surface area contributed by atoms with Crippen molar-refractivity contribution >= 4 is 23.2 Å². The summed E-state index contributed by atoms with van der Waals surface area (Å²) in [6.07, 6.45) is 1.60. The molecule has 2 aromatic rings. The van der Waals surface area contributed by atoms with Crippen molar-refractivity contribution < 1.29 is 9.90 Å². The van der Waals surface area contributed by atoms with Gasteiger partial charge in [0, 0.05) is 63.4 Å². The summed E-state index contributed by atoms with van der Waals surface area (Å²) in [5.74, 6) is 0.324. The number of rotatable bonds is 8. The molecule has 0 spiro atoms. The van der Waals surface area contributed by atoms with Crippen LogP contribution in [0.2, 0.25) is 0 Å². The number of aromatic nitrogens is 2. The Morgan fingerprint density at radius 1 is 1.10 bits per heavy atom. The fourth-order valence-electron chi connectivity index (χ4n) is 3.47. The van der Waals surface area contributed by atoms with Crippen LogP contribution in [0.1, 0.15) is 24.3 Å². The van der Waals surface area contributed by atoms with Gasteiger partial charge in [-0.2, -0.15) is 0 Å². The Labute approximate surface area is 172 Å². The predicted octanol–water partition coefficient (Wildman–Crippen LogP) is 1.82. The molecule has 1 amide bonds. The Bertz CT molecular complexity index is 786. The van der Waals surface area contributed by atoms with Crippen LogP contribution in [0, 0.1) is 0 Å². The SMILES string of the molecule is CCN(CC)C(=O)c1ccnc(Nc2ccc(N3CCN(CCO)CC3)cc2)n1. The molecule has 1 aromatic carbocycles. The molecule has 1 fully saturated rings. The molecular weight excluding hydrogens is 368 g/mol. The number of aliphatic hydroxyl groups excluding tert-OH is 1. The average Bonchev–Trinajstić information content (AvgIpc) is 2.76. The number of carbonyl (C=O) groups excluding carboxylic acids is 1. The van der Waals surface area contributed by atoms with E-state index in [-0.39, 0.29) is 12.5 Å². The van der Waals surface area contributed by atoms with Gasteiger partial charge in [0.1, 0.15) is 5.69 Å². The number of nitrogens with one attached hydrogen (secondary N) is 1. The minimum atomic E-state index is -0.0869. The number of hydrogen-bond donors (Lipinski definition) is 2. The van der Waals surface area contributed by atoms with E-state index in [0.717, 1.165) is 38.4 Å². The molecule has 1 aliphatic heterocycles. The third-order valence-corrected chi connectivity index (χ3v) is 5.20. The highest BCUT2D eigenvalue weighted by atomic mass is 16.3. The number of benzene rings is 1. The highest BCUT2D eigenvalue weighted by molar-refractivity contribution is 5.92. The molecule has 0 saturated carbocycles. The van der Waals surface area contributed by atoms with Gasteiger partial charge in [0.15, 0.2) is 0 Å². The summed E-state index contributed by atoms with van der Waals surface area (Å²) in [5.41, 5.74) is 2.44. The summed E-state index contributed by atoms with van der Waals surface area (Å²) >= 11 is 0. The first kappa shape index (κ1) is 21.0. The largest absolute Gasteiger partial charge is 0.395 e. The summed E-state index contributed by atoms with van der Waals surface area (Å²) in [6, 6.07) is 9.80. The van der Waals surface area contributed by atoms with Crippen LogP contribution in [0.15, 0.2) is 36.5 Å². The molecule has 29 heavy (non-hydrogen) atoms. The summed E-state index contributed by atoms with van der Waals surface area (Å²) in [4.78, 5) is 27.4. The third-order valence-electron chi connectivity index (χ3n) is 5.20. The molecule has 1 aromatic heterocycles. The molecule has 0 radical (unpaired) electrons. The zero-order valence-corrected chi connectivity index (χ0v) is 17.2. The van der Waals surface area contributed by atoms with Crippen LogP contribution in [-0.4, -0.2) is 83.2 Å². The summed E-state index contributed by atoms with van der Waals surface area (Å²) in [7, 11) is 0. The molecule has 1 saturated heterocycles. The van der Waals surface area contributed by atoms with E-state index in [1.165, 1.54) is 5.69 Å². The van der Waals surface area contributed by atoms with Crippen LogP contribution in [0.4, 0.5) is 17.3 Å². The van der Waals surface area contributed by atoms with Gasteiger partial charge in [-0.05, 0) is 44.2 Å². The number of β-amino-alcohol motifs (C(OH)–C–C–N with tert-alkyl or cyclic N) is 1. The first-order valence-electron chi connectivity index (χ1n) is 10.2. The van der Waals surface area contributed by atoms with Crippen LogP contribution in [-0.2, 0) is 0 Å². The second-order valence-electron chi connectivity index (χ2n) is 6.97. The maximum Gasteiger partial charge on any atom is 0.272 e. The molecule has 0 atom stereocenters. The topological polar surface area (TPSA) is 84.8 Å². The van der Waals surface area contributed by atoms with Crippen molar-refractivity contribution in [3.8, 4) is 0 Å². The van der Waals surface area contributed by atoms with Gasteiger partial charge >= 0.3 is 0 Å². The molecule has 8 heteroatoms. The van der Waals surface area contributed by atoms with Gasteiger partial charge in [-0.15, -0.1) is 0 Å². The molecule has 3 rings (SSSR count). The number of aliphatic hydroxyl groups is 1. The van der Waals surface area contributed by atoms with E-state index >= 15 is 0 Å². The number of nitrogens with zero attached hydrogens (tertiary/aromatic N) is 5. The summed E-state index contributed by atoms with van der Waals surface area (Å²) < 4.78 is 0. The van der Waals surface area contributed by atoms with Crippen LogP contribution >= 0.6 is 0 Å². The van der Waals surface area contributed by atoms with E-state index in [1.54, 1.807) is 17.2 Å². The molecule has 0 unspecified atom stereocenters. The van der Waals surface area contributed by atoms with Gasteiger partial charge in [-0.25, -0.2) is 9.97 Å². The highest BCUT2D eigenvalue weighted by Gasteiger charge is 2.17. The fourth-order valence-corrected chi connectivity index (χ4v) is 3.47. The van der Waals surface area contributed by atoms with Crippen molar-refractivity contribution in [2.75, 3.05) is 62.6 Å². The van der Waals surface area contributed by atoms with E-state index in [4.69, 9.17) is 5.11 Å². The number of amides is 1. The maximum atomic E-state index is 12.5. The first-order valence-corrected chi connectivity index (χ1v) is 10.2. The van der Waals surface area contributed by atoms with E-state index in [1.807, 2.05) is 26.0 Å². The fraction of sp³-hybridized carbons (Fsp3) is 0.476. The quantitative estimate of drug-likeness (QED) is 0.702. The van der Waals surface area contributed by atoms with Crippen molar-refractivity contribution in [1.82, 2.24) is 19.8 Å². The average molecular weight is 399 g/mol. The minimum Gasteiger partial charge on any atom is -0.395 e. The Balaban J connectivity index is 1.62. The van der Waals surface area contributed by atoms with Crippen molar-refractivity contribution in [1.29, 1.82) is 0 Å². The second kappa shape index (κ2) is 10.2. The van der Waals surface area contributed by atoms with Crippen molar-refractivity contribution in [3.63, 3.8) is 0 Å². The van der Waals surface area contributed by atoms with Crippen LogP contribution in [0.3, 0.4) is 0 Å². The first-order chi connectivity index (χ1) is 14.1. The number of carbonyl (C=O) groups is 1. The van der Waals surface area contributed by atoms with Gasteiger partial charge in [-0.3, -0.25) is 9.69 Å². The van der Waals surface area contributed by atoms with Gasteiger partial charge in [0.05, 0.1) is 6.61 Å². The Hall–Kier alpha value is -2.71. The van der Waals surface area contributed by atoms with E-state index in [9.17, 15) is 4.79 Å². The second-order valence-corrected chi connectivity index (χ2v) is 6.97. The molecular formula is C21H30N6O2. The molecule has 2 N–H and O–H groups in total. The minimum absolute atomic E-state index is 0.0869. The maximum absolute atomic E-state index is 12.5. The van der Waals surface area contributed by atoms with Gasteiger partial charge < -0.3 is 20.2 Å². The number of hydrogen-bond acceptors (Lipinski definition) is 7. The van der Waals surface area contributed by atoms with Crippen LogP contribution in [0.25, 0.3) is 0 Å². The van der Waals surface area contributed by atoms with Crippen molar-refractivity contribution in [2.45, 2.75) is 13.8 Å². The van der Waals surface area contributed by atoms with Crippen molar-refractivity contribution in [2.24, 2.45) is 0 Å². The highest BCUT2D eigenvalue weighted by Crippen LogP contribution is 2.21. The molecule has 1 aliphatic rings. The van der Waals surface area contributed by atoms with Gasteiger partial charge in [0.2, 0.25) is 5.95 Å². The lowest BCUT2D eigenvalue weighted by Crippen LogP contribution is -2.47. The Morgan fingerprint density at radius 3 is 2.41 bits per heavy atom. The van der Waals surface area contributed by atoms with Gasteiger partial charge in [0.25, 0.3) is 5.91 Å². The van der Waals surface area contributed by atoms with Crippen LogP contribution in [0.5, 0.6) is 0 Å². The molecule has 0 bridgehead atoms. The number of piperazine rings is 1. The van der Waals surface area contributed by atoms with E-state index < -0.39 is 0 Å². The standard InChI is InChI=1S/C21H30N6O2/c1-3-26(4-2)20(29)19-9-10-22-21(24-19)23-17-5-7-18(8-6-17)27-13-11-25(12-14-27)15-16-28/h5-10,28H,3-4,11-16H2,1-2H3,(H,22,23,24). The number of anilines is 3. The smallest absolute Gasteiger partial charge is 0.272 e. The third kappa shape index (κ3) is 5.42. The lowest BCUT2D eigenvalue weighted by Gasteiger charge is -2.35. The normalized spacial score (nSPS) is 14.7. The molecule has 156 valence electrons. The summed E-state index contributed by atoms with van der Waals surface area (Å²) in [5, 5.41) is 12.2. The zero-order valence-electron chi connectivity index (χ0n) is 17.2. The predicted molar refractivity (Wildman–Crippen MR) is 115 cm³/mol.